The van der Waals surface area contributed by atoms with Crippen LogP contribution < -0.4 is 10.2 Å². The van der Waals surface area contributed by atoms with E-state index in [2.05, 4.69) is 22.3 Å². The lowest BCUT2D eigenvalue weighted by Gasteiger charge is -2.28. The molecule has 8 heteroatoms. The average Bonchev–Trinajstić information content (AvgIpc) is 3.50. The van der Waals surface area contributed by atoms with Crippen molar-refractivity contribution in [1.82, 2.24) is 5.32 Å². The van der Waals surface area contributed by atoms with E-state index in [1.165, 1.54) is 29.8 Å². The van der Waals surface area contributed by atoms with Crippen LogP contribution in [0.15, 0.2) is 53.9 Å². The number of carbonyl (C=O) groups is 2. The van der Waals surface area contributed by atoms with E-state index >= 15 is 0 Å². The number of ether oxygens (including phenoxy) is 2. The first-order valence-corrected chi connectivity index (χ1v) is 11.8. The minimum Gasteiger partial charge on any atom is -0.469 e. The van der Waals surface area contributed by atoms with Gasteiger partial charge in [0.25, 0.3) is 5.91 Å². The smallest absolute Gasteiger partial charge is 0.307 e. The number of rotatable bonds is 7. The molecule has 1 amide bonds. The second-order valence-electron chi connectivity index (χ2n) is 7.12. The summed E-state index contributed by atoms with van der Waals surface area (Å²) in [5.41, 5.74) is 2.11. The van der Waals surface area contributed by atoms with Crippen LogP contribution in [0.4, 0.5) is 5.00 Å². The fourth-order valence-corrected chi connectivity index (χ4v) is 5.42. The first kappa shape index (κ1) is 21.5. The van der Waals surface area contributed by atoms with E-state index in [1.54, 1.807) is 0 Å². The van der Waals surface area contributed by atoms with Crippen LogP contribution in [0.3, 0.4) is 0 Å². The van der Waals surface area contributed by atoms with Gasteiger partial charge < -0.3 is 19.7 Å². The van der Waals surface area contributed by atoms with Crippen molar-refractivity contribution in [2.24, 2.45) is 0 Å². The molecule has 1 atom stereocenters. The molecule has 31 heavy (non-hydrogen) atoms. The number of hydrogen-bond acceptors (Lipinski definition) is 7. The molecule has 1 saturated heterocycles. The highest BCUT2D eigenvalue weighted by Gasteiger charge is 2.25. The molecule has 1 fully saturated rings. The number of hydrogen-bond donors (Lipinski definition) is 1. The molecule has 4 rings (SSSR count). The summed E-state index contributed by atoms with van der Waals surface area (Å²) in [6, 6.07) is 15.4. The maximum atomic E-state index is 13.2. The summed E-state index contributed by atoms with van der Waals surface area (Å²) in [6.07, 6.45) is 0.0932. The van der Waals surface area contributed by atoms with Gasteiger partial charge in [0.1, 0.15) is 0 Å². The van der Waals surface area contributed by atoms with Gasteiger partial charge in [-0.3, -0.25) is 9.59 Å². The maximum absolute atomic E-state index is 13.2. The third kappa shape index (κ3) is 5.15. The topological polar surface area (TPSA) is 67.9 Å². The maximum Gasteiger partial charge on any atom is 0.307 e. The first-order valence-electron chi connectivity index (χ1n) is 10.1. The summed E-state index contributed by atoms with van der Waals surface area (Å²) in [7, 11) is 1.36. The van der Waals surface area contributed by atoms with Gasteiger partial charge in [0.15, 0.2) is 0 Å². The van der Waals surface area contributed by atoms with Gasteiger partial charge >= 0.3 is 5.97 Å². The molecule has 0 bridgehead atoms. The molecule has 0 radical (unpaired) electrons. The predicted octanol–water partition coefficient (Wildman–Crippen LogP) is 4.35. The van der Waals surface area contributed by atoms with Gasteiger partial charge in [0, 0.05) is 23.5 Å². The van der Waals surface area contributed by atoms with Crippen LogP contribution in [0.5, 0.6) is 0 Å². The van der Waals surface area contributed by atoms with Gasteiger partial charge in [-0.15, -0.1) is 22.7 Å². The average molecular weight is 457 g/mol. The van der Waals surface area contributed by atoms with Gasteiger partial charge in [0.05, 0.1) is 42.7 Å². The SMILES string of the molecule is COC(=O)CC(NC(=O)c1cc(-c2ccccc2)c(N2CCOCC2)s1)c1cccs1. The van der Waals surface area contributed by atoms with Crippen LogP contribution in [-0.2, 0) is 14.3 Å². The van der Waals surface area contributed by atoms with Crippen LogP contribution in [-0.4, -0.2) is 45.3 Å². The van der Waals surface area contributed by atoms with Gasteiger partial charge in [-0.1, -0.05) is 36.4 Å². The van der Waals surface area contributed by atoms with Crippen molar-refractivity contribution in [3.05, 3.63) is 63.7 Å². The van der Waals surface area contributed by atoms with Crippen molar-refractivity contribution >= 4 is 39.6 Å². The van der Waals surface area contributed by atoms with Gasteiger partial charge in [-0.25, -0.2) is 0 Å². The Labute approximate surface area is 189 Å². The van der Waals surface area contributed by atoms with Crippen LogP contribution in [0, 0.1) is 0 Å². The van der Waals surface area contributed by atoms with Crippen molar-refractivity contribution < 1.29 is 19.1 Å². The van der Waals surface area contributed by atoms with E-state index in [4.69, 9.17) is 9.47 Å². The molecule has 162 valence electrons. The molecule has 3 aromatic rings. The lowest BCUT2D eigenvalue weighted by molar-refractivity contribution is -0.141. The number of benzene rings is 1. The van der Waals surface area contributed by atoms with Gasteiger partial charge in [0.2, 0.25) is 0 Å². The van der Waals surface area contributed by atoms with Crippen LogP contribution in [0.25, 0.3) is 11.1 Å². The quantitative estimate of drug-likeness (QED) is 0.536. The number of methoxy groups -OCH3 is 1. The Bertz CT molecular complexity index is 1010. The lowest BCUT2D eigenvalue weighted by atomic mass is 10.1. The number of morpholine rings is 1. The minimum absolute atomic E-state index is 0.0932. The zero-order valence-corrected chi connectivity index (χ0v) is 18.8. The molecular weight excluding hydrogens is 432 g/mol. The molecule has 1 unspecified atom stereocenters. The number of nitrogens with zero attached hydrogens (tertiary/aromatic N) is 1. The number of amides is 1. The molecule has 3 heterocycles. The van der Waals surface area contributed by atoms with Crippen LogP contribution >= 0.6 is 22.7 Å². The summed E-state index contributed by atoms with van der Waals surface area (Å²) in [5, 5.41) is 6.03. The molecule has 1 aromatic carbocycles. The second-order valence-corrected chi connectivity index (χ2v) is 9.13. The second kappa shape index (κ2) is 10.1. The van der Waals surface area contributed by atoms with E-state index in [0.717, 1.165) is 34.1 Å². The van der Waals surface area contributed by atoms with Gasteiger partial charge in [-0.05, 0) is 23.1 Å². The molecule has 0 spiro atoms. The van der Waals surface area contributed by atoms with Crippen molar-refractivity contribution in [2.75, 3.05) is 38.3 Å². The lowest BCUT2D eigenvalue weighted by Crippen LogP contribution is -2.35. The zero-order valence-electron chi connectivity index (χ0n) is 17.2. The number of nitrogens with one attached hydrogen (secondary N) is 1. The zero-order chi connectivity index (χ0) is 21.6. The van der Waals surface area contributed by atoms with Crippen molar-refractivity contribution in [3.63, 3.8) is 0 Å². The van der Waals surface area contributed by atoms with Crippen molar-refractivity contribution in [2.45, 2.75) is 12.5 Å². The Morgan fingerprint density at radius 2 is 1.94 bits per heavy atom. The molecule has 2 aromatic heterocycles. The summed E-state index contributed by atoms with van der Waals surface area (Å²) in [5.74, 6) is -0.548. The third-order valence-electron chi connectivity index (χ3n) is 5.11. The van der Waals surface area contributed by atoms with E-state index < -0.39 is 6.04 Å². The van der Waals surface area contributed by atoms with E-state index in [-0.39, 0.29) is 18.3 Å². The minimum atomic E-state index is -0.422. The molecule has 1 aliphatic heterocycles. The number of anilines is 1. The molecule has 1 N–H and O–H groups in total. The largest absolute Gasteiger partial charge is 0.469 e. The Balaban J connectivity index is 1.62. The predicted molar refractivity (Wildman–Crippen MR) is 124 cm³/mol. The Morgan fingerprint density at radius 1 is 1.16 bits per heavy atom. The van der Waals surface area contributed by atoms with Gasteiger partial charge in [-0.2, -0.15) is 0 Å². The molecular formula is C23H24N2O4S2. The van der Waals surface area contributed by atoms with Crippen molar-refractivity contribution in [3.8, 4) is 11.1 Å². The normalized spacial score (nSPS) is 14.8. The summed E-state index contributed by atoms with van der Waals surface area (Å²) < 4.78 is 10.3. The number of carbonyl (C=O) groups excluding carboxylic acids is 2. The highest BCUT2D eigenvalue weighted by Crippen LogP contribution is 2.39. The Morgan fingerprint density at radius 3 is 2.61 bits per heavy atom. The fourth-order valence-electron chi connectivity index (χ4n) is 3.51. The molecule has 6 nitrogen and oxygen atoms in total. The standard InChI is InChI=1S/C23H24N2O4S2/c1-28-21(26)15-18(19-8-5-13-30-19)24-22(27)20-14-17(16-6-3-2-4-7-16)23(31-20)25-9-11-29-12-10-25/h2-8,13-14,18H,9-12,15H2,1H3,(H,24,27). The number of esters is 1. The summed E-state index contributed by atoms with van der Waals surface area (Å²) in [4.78, 5) is 28.9. The van der Waals surface area contributed by atoms with E-state index in [0.29, 0.717) is 18.1 Å². The number of thiophene rings is 2. The molecule has 0 aliphatic carbocycles. The molecule has 1 aliphatic rings. The third-order valence-corrected chi connectivity index (χ3v) is 7.29. The first-order chi connectivity index (χ1) is 15.2. The summed E-state index contributed by atoms with van der Waals surface area (Å²) in [6.45, 7) is 2.93. The fraction of sp³-hybridized carbons (Fsp3) is 0.304. The van der Waals surface area contributed by atoms with Crippen LogP contribution in [0.2, 0.25) is 0 Å². The highest BCUT2D eigenvalue weighted by atomic mass is 32.1. The van der Waals surface area contributed by atoms with E-state index in [9.17, 15) is 9.59 Å². The highest BCUT2D eigenvalue weighted by molar-refractivity contribution is 7.18. The Kier molecular flexibility index (Phi) is 7.01. The van der Waals surface area contributed by atoms with Crippen molar-refractivity contribution in [1.29, 1.82) is 0 Å². The van der Waals surface area contributed by atoms with E-state index in [1.807, 2.05) is 41.8 Å². The monoisotopic (exact) mass is 456 g/mol. The summed E-state index contributed by atoms with van der Waals surface area (Å²) >= 11 is 2.99. The van der Waals surface area contributed by atoms with Crippen LogP contribution in [0.1, 0.15) is 27.0 Å². The molecule has 0 saturated carbocycles. The Hall–Kier alpha value is -2.68.